The summed E-state index contributed by atoms with van der Waals surface area (Å²) < 4.78 is 21.7. The molecular weight excluding hydrogens is 658 g/mol. The molecule has 0 atom stereocenters. The minimum atomic E-state index is -0.865. The van der Waals surface area contributed by atoms with Gasteiger partial charge in [0.05, 0.1) is 11.2 Å². The molecule has 2 rings (SSSR count). The lowest BCUT2D eigenvalue weighted by Crippen LogP contribution is -2.37. The molecule has 0 saturated heterocycles. The Morgan fingerprint density at radius 3 is 1.87 bits per heavy atom. The van der Waals surface area contributed by atoms with Crippen molar-refractivity contribution in [3.8, 4) is 0 Å². The number of ether oxygens (including phenoxy) is 4. The molecule has 0 aliphatic heterocycles. The molecule has 256 valence electrons. The van der Waals surface area contributed by atoms with E-state index in [2.05, 4.69) is 37.8 Å². The third-order valence-corrected chi connectivity index (χ3v) is 5.83. The van der Waals surface area contributed by atoms with Gasteiger partial charge in [-0.05, 0) is 102 Å². The first-order valence-electron chi connectivity index (χ1n) is 14.3. The molecule has 0 fully saturated rings. The van der Waals surface area contributed by atoms with Crippen LogP contribution in [0.1, 0.15) is 79.0 Å². The molecule has 0 spiro atoms. The number of anilines is 1. The van der Waals surface area contributed by atoms with Gasteiger partial charge in [0, 0.05) is 56.3 Å². The summed E-state index contributed by atoms with van der Waals surface area (Å²) >= 11 is 3.34. The van der Waals surface area contributed by atoms with Gasteiger partial charge in [0.1, 0.15) is 12.2 Å². The van der Waals surface area contributed by atoms with Crippen LogP contribution >= 0.6 is 15.9 Å². The zero-order valence-corrected chi connectivity index (χ0v) is 30.8. The highest BCUT2D eigenvalue weighted by atomic mass is 79.9. The predicted molar refractivity (Wildman–Crippen MR) is 185 cm³/mol. The first-order chi connectivity index (χ1) is 21.2. The number of carbonyl (C=O) groups is 3. The van der Waals surface area contributed by atoms with Gasteiger partial charge in [-0.25, -0.2) is 14.7 Å². The van der Waals surface area contributed by atoms with E-state index < -0.39 is 11.7 Å². The third kappa shape index (κ3) is 18.3. The zero-order chi connectivity index (χ0) is 35.7. The first kappa shape index (κ1) is 42.3. The summed E-state index contributed by atoms with van der Waals surface area (Å²) in [5.41, 5.74) is 1.25. The number of pyridine rings is 1. The molecule has 1 aromatic heterocycles. The average molecular weight is 709 g/mol. The fourth-order valence-corrected chi connectivity index (χ4v) is 3.12. The number of benzene rings is 1. The van der Waals surface area contributed by atoms with Crippen molar-refractivity contribution >= 4 is 53.3 Å². The van der Waals surface area contributed by atoms with E-state index >= 15 is 0 Å². The van der Waals surface area contributed by atoms with Crippen molar-refractivity contribution in [1.82, 2.24) is 9.88 Å². The number of halogens is 1. The van der Waals surface area contributed by atoms with E-state index in [0.717, 1.165) is 16.9 Å². The van der Waals surface area contributed by atoms with Crippen molar-refractivity contribution in [1.29, 1.82) is 0 Å². The number of aromatic nitrogens is 1. The second kappa shape index (κ2) is 19.7. The maximum absolute atomic E-state index is 12.5. The van der Waals surface area contributed by atoms with Crippen LogP contribution in [0.15, 0.2) is 51.2 Å². The van der Waals surface area contributed by atoms with Crippen molar-refractivity contribution in [3.63, 3.8) is 0 Å². The zero-order valence-electron chi connectivity index (χ0n) is 29.2. The fourth-order valence-electron chi connectivity index (χ4n) is 2.75. The van der Waals surface area contributed by atoms with Crippen molar-refractivity contribution in [2.75, 3.05) is 26.2 Å². The van der Waals surface area contributed by atoms with Gasteiger partial charge in [0.15, 0.2) is 5.82 Å². The first-order valence-corrected chi connectivity index (χ1v) is 15.1. The smallest absolute Gasteiger partial charge is 0.422 e. The summed E-state index contributed by atoms with van der Waals surface area (Å²) in [6.45, 7) is 21.0. The molecule has 0 radical (unpaired) electrons. The van der Waals surface area contributed by atoms with Crippen LogP contribution in [0.4, 0.5) is 10.6 Å². The van der Waals surface area contributed by atoms with Crippen LogP contribution in [0, 0.1) is 0 Å². The summed E-state index contributed by atoms with van der Waals surface area (Å²) in [6, 6.07) is 8.88. The summed E-state index contributed by atoms with van der Waals surface area (Å²) in [5.74, 6) is 0.233. The molecule has 0 saturated carbocycles. The summed E-state index contributed by atoms with van der Waals surface area (Å²) in [6.07, 6.45) is 1.67. The van der Waals surface area contributed by atoms with Gasteiger partial charge in [-0.15, -0.1) is 5.10 Å². The van der Waals surface area contributed by atoms with Crippen LogP contribution in [0.2, 0.25) is 0 Å². The lowest BCUT2D eigenvalue weighted by molar-refractivity contribution is -0.117. The number of hydrogen-bond donors (Lipinski definition) is 0. The van der Waals surface area contributed by atoms with Crippen molar-refractivity contribution in [2.45, 2.75) is 92.3 Å². The Hall–Kier alpha value is -3.68. The monoisotopic (exact) mass is 707 g/mol. The number of nitrogens with zero attached hydrogens (tertiary/aromatic N) is 5. The normalized spacial score (nSPS) is 11.5. The summed E-state index contributed by atoms with van der Waals surface area (Å²) in [5, 5.41) is 7.51. The average Bonchev–Trinajstić information content (AvgIpc) is 2.96. The van der Waals surface area contributed by atoms with Gasteiger partial charge in [-0.2, -0.15) is 5.10 Å². The molecule has 0 aliphatic carbocycles. The van der Waals surface area contributed by atoms with Crippen LogP contribution in [-0.4, -0.2) is 79.5 Å². The Morgan fingerprint density at radius 1 is 0.935 bits per heavy atom. The van der Waals surface area contributed by atoms with E-state index in [1.165, 1.54) is 11.1 Å². The molecule has 46 heavy (non-hydrogen) atoms. The topological polar surface area (TPSA) is 132 Å². The van der Waals surface area contributed by atoms with Crippen LogP contribution in [-0.2, 0) is 41.7 Å². The Labute approximate surface area is 282 Å². The maximum atomic E-state index is 12.5. The lowest BCUT2D eigenvalue weighted by Gasteiger charge is -2.24. The Morgan fingerprint density at radius 2 is 1.46 bits per heavy atom. The van der Waals surface area contributed by atoms with Crippen molar-refractivity contribution in [2.24, 2.45) is 10.2 Å². The van der Waals surface area contributed by atoms with Crippen LogP contribution in [0.3, 0.4) is 0 Å². The SMILES string of the molecule is C=N/N=C(\OCc1cc(Br)cnc1N(C=O)C(=O)OC(C)(C)C)c1ccc(CN(C)C=O)cc1.COC(C)(C)C.COC(C)(C)C. The van der Waals surface area contributed by atoms with Gasteiger partial charge >= 0.3 is 6.09 Å². The van der Waals surface area contributed by atoms with E-state index in [1.54, 1.807) is 60.2 Å². The number of carbonyl (C=O) groups excluding carboxylic acids is 3. The molecule has 0 bridgehead atoms. The largest absolute Gasteiger partial charge is 0.471 e. The molecule has 0 N–H and O–H groups in total. The molecule has 2 aromatic rings. The second-order valence-electron chi connectivity index (χ2n) is 12.8. The van der Waals surface area contributed by atoms with Gasteiger partial charge in [-0.1, -0.05) is 12.1 Å². The second-order valence-corrected chi connectivity index (χ2v) is 13.7. The van der Waals surface area contributed by atoms with Crippen LogP contribution < -0.4 is 4.90 Å². The molecule has 3 amide bonds. The number of rotatable bonds is 9. The Bertz CT molecular complexity index is 1270. The predicted octanol–water partition coefficient (Wildman–Crippen LogP) is 6.77. The molecule has 12 nitrogen and oxygen atoms in total. The van der Waals surface area contributed by atoms with E-state index in [-0.39, 0.29) is 29.5 Å². The summed E-state index contributed by atoms with van der Waals surface area (Å²) in [7, 11) is 5.10. The minimum Gasteiger partial charge on any atom is -0.471 e. The number of imide groups is 1. The highest BCUT2D eigenvalue weighted by Gasteiger charge is 2.26. The van der Waals surface area contributed by atoms with Crippen molar-refractivity contribution in [3.05, 3.63) is 57.7 Å². The number of amides is 3. The Balaban J connectivity index is 0.00000142. The van der Waals surface area contributed by atoms with Crippen LogP contribution in [0.25, 0.3) is 0 Å². The van der Waals surface area contributed by atoms with E-state index in [4.69, 9.17) is 18.9 Å². The third-order valence-electron chi connectivity index (χ3n) is 5.40. The van der Waals surface area contributed by atoms with E-state index in [0.29, 0.717) is 28.6 Å². The molecule has 0 aliphatic rings. The van der Waals surface area contributed by atoms with Crippen LogP contribution in [0.5, 0.6) is 0 Å². The standard InChI is InChI=1S/C23H26BrN5O5.2C5H12O/c1-23(2,3)34-22(32)29(15-31)20-18(10-19(24)11-26-20)13-33-21(27-25-4)17-8-6-16(7-9-17)12-28(5)14-30;2*1-5(2,3)6-4/h6-11,14-15H,4,12-13H2,1-3,5H3;2*1-4H3/b27-21-;;. The molecular formula is C33H50BrN5O7. The Kier molecular flexibility index (Phi) is 18.2. The summed E-state index contributed by atoms with van der Waals surface area (Å²) in [4.78, 5) is 41.6. The lowest BCUT2D eigenvalue weighted by atomic mass is 10.1. The fraction of sp³-hybridized carbons (Fsp3) is 0.515. The van der Waals surface area contributed by atoms with Crippen molar-refractivity contribution < 1.29 is 33.3 Å². The molecule has 1 aromatic carbocycles. The van der Waals surface area contributed by atoms with E-state index in [1.807, 2.05) is 53.7 Å². The highest BCUT2D eigenvalue weighted by molar-refractivity contribution is 9.10. The molecule has 0 unspecified atom stereocenters. The molecule has 1 heterocycles. The van der Waals surface area contributed by atoms with Gasteiger partial charge in [0.2, 0.25) is 18.7 Å². The number of hydrogen-bond acceptors (Lipinski definition) is 10. The van der Waals surface area contributed by atoms with Gasteiger partial charge in [0.25, 0.3) is 0 Å². The maximum Gasteiger partial charge on any atom is 0.422 e. The molecule has 13 heteroatoms. The highest BCUT2D eigenvalue weighted by Crippen LogP contribution is 2.24. The van der Waals surface area contributed by atoms with E-state index in [9.17, 15) is 14.4 Å². The van der Waals surface area contributed by atoms with Gasteiger partial charge in [-0.3, -0.25) is 9.59 Å². The quantitative estimate of drug-likeness (QED) is 0.121. The van der Waals surface area contributed by atoms with Gasteiger partial charge < -0.3 is 23.8 Å². The minimum absolute atomic E-state index is 0.0417. The number of methoxy groups -OCH3 is 2.